The predicted molar refractivity (Wildman–Crippen MR) is 65.7 cm³/mol. The van der Waals surface area contributed by atoms with E-state index in [1.165, 1.54) is 11.3 Å². The number of hydrogen-bond acceptors (Lipinski definition) is 5. The van der Waals surface area contributed by atoms with Crippen LogP contribution in [0.1, 0.15) is 11.8 Å². The van der Waals surface area contributed by atoms with Gasteiger partial charge in [-0.3, -0.25) is 10.1 Å². The van der Waals surface area contributed by atoms with Crippen LogP contribution < -0.4 is 5.32 Å². The van der Waals surface area contributed by atoms with Crippen molar-refractivity contribution in [3.05, 3.63) is 27.1 Å². The second-order valence-corrected chi connectivity index (χ2v) is 5.60. The molecule has 1 aromatic rings. The molecule has 1 rings (SSSR count). The lowest BCUT2D eigenvalue weighted by Gasteiger charge is -2.08. The largest absolute Gasteiger partial charge is 0.324 e. The molecule has 1 atom stereocenters. The summed E-state index contributed by atoms with van der Waals surface area (Å²) in [5, 5.41) is 14.5. The summed E-state index contributed by atoms with van der Waals surface area (Å²) < 4.78 is 0. The number of nitrogens with zero attached hydrogens (tertiary/aromatic N) is 1. The van der Waals surface area contributed by atoms with Gasteiger partial charge in [0.2, 0.25) is 0 Å². The van der Waals surface area contributed by atoms with Crippen LogP contribution in [0.3, 0.4) is 0 Å². The molecule has 1 N–H and O–H groups in total. The molecule has 1 aromatic heterocycles. The second kappa shape index (κ2) is 6.09. The van der Waals surface area contributed by atoms with Crippen LogP contribution in [-0.2, 0) is 6.54 Å². The van der Waals surface area contributed by atoms with Crippen LogP contribution in [0.25, 0.3) is 0 Å². The van der Waals surface area contributed by atoms with Crippen molar-refractivity contribution in [2.24, 2.45) is 0 Å². The van der Waals surface area contributed by atoms with Crippen molar-refractivity contribution in [2.45, 2.75) is 18.7 Å². The Morgan fingerprint density at radius 2 is 2.40 bits per heavy atom. The van der Waals surface area contributed by atoms with E-state index in [-0.39, 0.29) is 9.92 Å². The Labute approximate surface area is 97.2 Å². The van der Waals surface area contributed by atoms with Crippen LogP contribution >= 0.6 is 23.1 Å². The molecular formula is C9H14N2O2S2. The summed E-state index contributed by atoms with van der Waals surface area (Å²) in [6.07, 6.45) is 2.07. The molecule has 1 unspecified atom stereocenters. The van der Waals surface area contributed by atoms with Gasteiger partial charge in [-0.05, 0) is 12.3 Å². The minimum absolute atomic E-state index is 0.213. The molecule has 84 valence electrons. The van der Waals surface area contributed by atoms with Crippen molar-refractivity contribution in [3.8, 4) is 0 Å². The fourth-order valence-electron chi connectivity index (χ4n) is 1.04. The maximum absolute atomic E-state index is 10.4. The molecule has 0 aliphatic rings. The average Bonchev–Trinajstić information content (AvgIpc) is 2.66. The zero-order chi connectivity index (χ0) is 11.3. The zero-order valence-electron chi connectivity index (χ0n) is 8.73. The Morgan fingerprint density at radius 1 is 1.67 bits per heavy atom. The van der Waals surface area contributed by atoms with E-state index in [1.54, 1.807) is 23.9 Å². The first-order valence-electron chi connectivity index (χ1n) is 4.60. The van der Waals surface area contributed by atoms with Crippen molar-refractivity contribution in [1.82, 2.24) is 5.32 Å². The summed E-state index contributed by atoms with van der Waals surface area (Å²) in [5.41, 5.74) is 0. The molecule has 0 saturated carbocycles. The number of thiophene rings is 1. The van der Waals surface area contributed by atoms with Crippen LogP contribution in [0.15, 0.2) is 12.1 Å². The van der Waals surface area contributed by atoms with Crippen molar-refractivity contribution in [1.29, 1.82) is 0 Å². The Balaban J connectivity index is 2.35. The second-order valence-electron chi connectivity index (χ2n) is 3.17. The molecule has 0 aliphatic heterocycles. The molecule has 1 heterocycles. The zero-order valence-corrected chi connectivity index (χ0v) is 10.4. The Bertz CT molecular complexity index is 328. The fourth-order valence-corrected chi connectivity index (χ4v) is 2.12. The van der Waals surface area contributed by atoms with Crippen molar-refractivity contribution < 1.29 is 4.92 Å². The molecule has 0 radical (unpaired) electrons. The van der Waals surface area contributed by atoms with Gasteiger partial charge >= 0.3 is 5.00 Å². The average molecular weight is 246 g/mol. The lowest BCUT2D eigenvalue weighted by Crippen LogP contribution is -2.21. The maximum Gasteiger partial charge on any atom is 0.324 e. The smallest absolute Gasteiger partial charge is 0.311 e. The van der Waals surface area contributed by atoms with Gasteiger partial charge in [0, 0.05) is 29.3 Å². The van der Waals surface area contributed by atoms with Gasteiger partial charge in [-0.1, -0.05) is 18.3 Å². The normalized spacial score (nSPS) is 12.7. The lowest BCUT2D eigenvalue weighted by atomic mass is 10.4. The lowest BCUT2D eigenvalue weighted by molar-refractivity contribution is -0.380. The van der Waals surface area contributed by atoms with Crippen LogP contribution in [0.4, 0.5) is 5.00 Å². The highest BCUT2D eigenvalue weighted by molar-refractivity contribution is 7.99. The monoisotopic (exact) mass is 246 g/mol. The minimum Gasteiger partial charge on any atom is -0.311 e. The third kappa shape index (κ3) is 4.19. The summed E-state index contributed by atoms with van der Waals surface area (Å²) in [6.45, 7) is 3.78. The van der Waals surface area contributed by atoms with Crippen molar-refractivity contribution in [3.63, 3.8) is 0 Å². The SMILES string of the molecule is CSC(C)CNCc1ccc([N+](=O)[O-])s1. The fraction of sp³-hybridized carbons (Fsp3) is 0.556. The van der Waals surface area contributed by atoms with Crippen molar-refractivity contribution >= 4 is 28.1 Å². The number of nitro groups is 1. The third-order valence-electron chi connectivity index (χ3n) is 1.96. The first-order chi connectivity index (χ1) is 7.13. The van der Waals surface area contributed by atoms with Gasteiger partial charge in [0.1, 0.15) is 0 Å². The molecule has 0 saturated heterocycles. The van der Waals surface area contributed by atoms with E-state index in [2.05, 4.69) is 18.5 Å². The van der Waals surface area contributed by atoms with Crippen LogP contribution in [-0.4, -0.2) is 23.0 Å². The molecule has 6 heteroatoms. The predicted octanol–water partition coefficient (Wildman–Crippen LogP) is 2.50. The van der Waals surface area contributed by atoms with Crippen molar-refractivity contribution in [2.75, 3.05) is 12.8 Å². The summed E-state index contributed by atoms with van der Waals surface area (Å²) in [5.74, 6) is 0. The van der Waals surface area contributed by atoms with Crippen LogP contribution in [0.5, 0.6) is 0 Å². The number of rotatable bonds is 6. The summed E-state index contributed by atoms with van der Waals surface area (Å²) >= 11 is 3.03. The summed E-state index contributed by atoms with van der Waals surface area (Å²) in [4.78, 5) is 11.1. The molecule has 0 aliphatic carbocycles. The molecule has 15 heavy (non-hydrogen) atoms. The molecule has 0 amide bonds. The van der Waals surface area contributed by atoms with Crippen LogP contribution in [0.2, 0.25) is 0 Å². The quantitative estimate of drug-likeness (QED) is 0.619. The van der Waals surface area contributed by atoms with Gasteiger partial charge in [-0.2, -0.15) is 11.8 Å². The Kier molecular flexibility index (Phi) is 5.07. The molecule has 4 nitrogen and oxygen atoms in total. The van der Waals surface area contributed by atoms with Gasteiger partial charge in [0.15, 0.2) is 0 Å². The van der Waals surface area contributed by atoms with E-state index in [0.717, 1.165) is 11.4 Å². The topological polar surface area (TPSA) is 55.2 Å². The van der Waals surface area contributed by atoms with E-state index in [9.17, 15) is 10.1 Å². The highest BCUT2D eigenvalue weighted by Crippen LogP contribution is 2.23. The highest BCUT2D eigenvalue weighted by atomic mass is 32.2. The van der Waals surface area contributed by atoms with Gasteiger partial charge in [-0.15, -0.1) is 0 Å². The molecule has 0 fully saturated rings. The Morgan fingerprint density at radius 3 is 2.93 bits per heavy atom. The number of nitrogens with one attached hydrogen (secondary N) is 1. The van der Waals surface area contributed by atoms with E-state index in [0.29, 0.717) is 11.8 Å². The standard InChI is InChI=1S/C9H14N2O2S2/c1-7(14-2)5-10-6-8-3-4-9(15-8)11(12)13/h3-4,7,10H,5-6H2,1-2H3. The highest BCUT2D eigenvalue weighted by Gasteiger charge is 2.09. The number of hydrogen-bond donors (Lipinski definition) is 1. The number of thioether (sulfide) groups is 1. The van der Waals surface area contributed by atoms with Gasteiger partial charge in [0.25, 0.3) is 0 Å². The third-order valence-corrected chi connectivity index (χ3v) is 3.97. The summed E-state index contributed by atoms with van der Waals surface area (Å²) in [7, 11) is 0. The first-order valence-corrected chi connectivity index (χ1v) is 6.70. The van der Waals surface area contributed by atoms with E-state index in [4.69, 9.17) is 0 Å². The molecule has 0 aromatic carbocycles. The Hall–Kier alpha value is -0.590. The minimum atomic E-state index is -0.349. The van der Waals surface area contributed by atoms with Crippen LogP contribution in [0, 0.1) is 10.1 Å². The molecular weight excluding hydrogens is 232 g/mol. The molecule has 0 spiro atoms. The maximum atomic E-state index is 10.4. The van der Waals surface area contributed by atoms with E-state index in [1.807, 2.05) is 0 Å². The van der Waals surface area contributed by atoms with E-state index < -0.39 is 0 Å². The first kappa shape index (κ1) is 12.5. The van der Waals surface area contributed by atoms with Gasteiger partial charge in [0.05, 0.1) is 4.92 Å². The molecule has 0 bridgehead atoms. The van der Waals surface area contributed by atoms with Gasteiger partial charge < -0.3 is 5.32 Å². The van der Waals surface area contributed by atoms with E-state index >= 15 is 0 Å². The van der Waals surface area contributed by atoms with Gasteiger partial charge in [-0.25, -0.2) is 0 Å². The summed E-state index contributed by atoms with van der Waals surface area (Å²) in [6, 6.07) is 3.36.